The van der Waals surface area contributed by atoms with Crippen molar-refractivity contribution in [1.82, 2.24) is 20.3 Å². The van der Waals surface area contributed by atoms with E-state index in [0.717, 1.165) is 0 Å². The Hall–Kier alpha value is -1.47. The summed E-state index contributed by atoms with van der Waals surface area (Å²) in [6, 6.07) is 0. The summed E-state index contributed by atoms with van der Waals surface area (Å²) in [5, 5.41) is 10.5. The normalized spacial score (nSPS) is 11.5. The smallest absolute Gasteiger partial charge is 0.242 e. The monoisotopic (exact) mass is 241 g/mol. The van der Waals surface area contributed by atoms with E-state index in [2.05, 4.69) is 15.6 Å². The molecular formula is C10H19N5O2. The maximum absolute atomic E-state index is 11.7. The molecule has 0 atom stereocenters. The summed E-state index contributed by atoms with van der Waals surface area (Å²) < 4.78 is 6.47. The van der Waals surface area contributed by atoms with Gasteiger partial charge in [-0.2, -0.15) is 0 Å². The number of hydrogen-bond donors (Lipinski definition) is 2. The van der Waals surface area contributed by atoms with E-state index in [1.54, 1.807) is 13.3 Å². The van der Waals surface area contributed by atoms with Crippen LogP contribution < -0.4 is 11.1 Å². The first-order valence-corrected chi connectivity index (χ1v) is 5.36. The summed E-state index contributed by atoms with van der Waals surface area (Å²) in [5.74, 6) is -0.138. The molecule has 0 spiro atoms. The first-order valence-electron chi connectivity index (χ1n) is 5.36. The van der Waals surface area contributed by atoms with Crippen molar-refractivity contribution in [3.63, 3.8) is 0 Å². The van der Waals surface area contributed by atoms with Crippen LogP contribution in [0.1, 0.15) is 19.5 Å². The van der Waals surface area contributed by atoms with Crippen LogP contribution in [0.4, 0.5) is 0 Å². The van der Waals surface area contributed by atoms with Gasteiger partial charge in [0, 0.05) is 13.7 Å². The minimum absolute atomic E-state index is 0.125. The Morgan fingerprint density at radius 1 is 1.65 bits per heavy atom. The third kappa shape index (κ3) is 4.49. The van der Waals surface area contributed by atoms with E-state index in [1.165, 1.54) is 4.68 Å². The number of nitrogens with zero attached hydrogens (tertiary/aromatic N) is 3. The second kappa shape index (κ2) is 5.74. The van der Waals surface area contributed by atoms with Crippen molar-refractivity contribution in [2.75, 3.05) is 13.7 Å². The number of hydrogen-bond acceptors (Lipinski definition) is 5. The molecule has 0 aliphatic carbocycles. The van der Waals surface area contributed by atoms with Gasteiger partial charge in [0.15, 0.2) is 0 Å². The topological polar surface area (TPSA) is 95.1 Å². The van der Waals surface area contributed by atoms with Crippen LogP contribution in [-0.2, 0) is 22.6 Å². The summed E-state index contributed by atoms with van der Waals surface area (Å²) in [5.41, 5.74) is 5.66. The first-order chi connectivity index (χ1) is 7.96. The number of carbonyl (C=O) groups excluding carboxylic acids is 1. The zero-order valence-corrected chi connectivity index (χ0v) is 10.4. The molecule has 0 saturated carbocycles. The van der Waals surface area contributed by atoms with E-state index < -0.39 is 5.54 Å². The molecule has 0 radical (unpaired) electrons. The standard InChI is InChI=1S/C10H19N5O2/c1-10(2,7-17-3)12-9(16)6-15-5-8(4-11)13-14-15/h5H,4,6-7,11H2,1-3H3,(H,12,16). The lowest BCUT2D eigenvalue weighted by atomic mass is 10.1. The van der Waals surface area contributed by atoms with Gasteiger partial charge in [0.2, 0.25) is 5.91 Å². The van der Waals surface area contributed by atoms with Crippen LogP contribution in [0, 0.1) is 0 Å². The highest BCUT2D eigenvalue weighted by atomic mass is 16.5. The van der Waals surface area contributed by atoms with Crippen LogP contribution in [0.15, 0.2) is 6.20 Å². The van der Waals surface area contributed by atoms with E-state index >= 15 is 0 Å². The second-order valence-corrected chi connectivity index (χ2v) is 4.48. The molecule has 7 heteroatoms. The van der Waals surface area contributed by atoms with E-state index in [-0.39, 0.29) is 12.5 Å². The zero-order chi connectivity index (χ0) is 12.9. The van der Waals surface area contributed by atoms with Crippen LogP contribution >= 0.6 is 0 Å². The molecule has 17 heavy (non-hydrogen) atoms. The summed E-state index contributed by atoms with van der Waals surface area (Å²) in [4.78, 5) is 11.7. The van der Waals surface area contributed by atoms with Crippen LogP contribution in [0.3, 0.4) is 0 Å². The van der Waals surface area contributed by atoms with Gasteiger partial charge in [-0.3, -0.25) is 4.79 Å². The summed E-state index contributed by atoms with van der Waals surface area (Å²) in [6.45, 7) is 4.67. The first kappa shape index (κ1) is 13.6. The number of carbonyl (C=O) groups is 1. The van der Waals surface area contributed by atoms with E-state index in [0.29, 0.717) is 18.8 Å². The highest BCUT2D eigenvalue weighted by molar-refractivity contribution is 5.76. The third-order valence-corrected chi connectivity index (χ3v) is 2.08. The van der Waals surface area contributed by atoms with Gasteiger partial charge < -0.3 is 15.8 Å². The summed E-state index contributed by atoms with van der Waals surface area (Å²) in [6.07, 6.45) is 1.66. The molecule has 0 fully saturated rings. The van der Waals surface area contributed by atoms with Crippen molar-refractivity contribution in [2.24, 2.45) is 5.73 Å². The molecule has 1 aromatic heterocycles. The predicted octanol–water partition coefficient (Wildman–Crippen LogP) is -0.722. The molecule has 1 rings (SSSR count). The fraction of sp³-hybridized carbons (Fsp3) is 0.700. The molecule has 0 aliphatic rings. The van der Waals surface area contributed by atoms with E-state index in [9.17, 15) is 4.79 Å². The lowest BCUT2D eigenvalue weighted by Gasteiger charge is -2.25. The Balaban J connectivity index is 2.49. The van der Waals surface area contributed by atoms with Gasteiger partial charge >= 0.3 is 0 Å². The molecule has 1 aromatic rings. The SMILES string of the molecule is COCC(C)(C)NC(=O)Cn1cc(CN)nn1. The van der Waals surface area contributed by atoms with Gasteiger partial charge in [0.1, 0.15) is 6.54 Å². The van der Waals surface area contributed by atoms with Crippen LogP contribution in [0.25, 0.3) is 0 Å². The van der Waals surface area contributed by atoms with Crippen molar-refractivity contribution in [2.45, 2.75) is 32.5 Å². The fourth-order valence-corrected chi connectivity index (χ4v) is 1.47. The van der Waals surface area contributed by atoms with Gasteiger partial charge in [-0.1, -0.05) is 5.21 Å². The number of ether oxygens (including phenoxy) is 1. The van der Waals surface area contributed by atoms with Crippen LogP contribution in [0.2, 0.25) is 0 Å². The number of aromatic nitrogens is 3. The van der Waals surface area contributed by atoms with E-state index in [4.69, 9.17) is 10.5 Å². The number of rotatable bonds is 6. The molecule has 0 bridgehead atoms. The van der Waals surface area contributed by atoms with Crippen molar-refractivity contribution in [1.29, 1.82) is 0 Å². The summed E-state index contributed by atoms with van der Waals surface area (Å²) in [7, 11) is 1.60. The highest BCUT2D eigenvalue weighted by Gasteiger charge is 2.20. The van der Waals surface area contributed by atoms with Crippen molar-refractivity contribution in [3.05, 3.63) is 11.9 Å². The molecule has 0 aliphatic heterocycles. The van der Waals surface area contributed by atoms with Crippen LogP contribution in [-0.4, -0.2) is 40.2 Å². The van der Waals surface area contributed by atoms with Crippen LogP contribution in [0.5, 0.6) is 0 Å². The van der Waals surface area contributed by atoms with Gasteiger partial charge in [-0.05, 0) is 13.8 Å². The Kier molecular flexibility index (Phi) is 4.59. The predicted molar refractivity (Wildman–Crippen MR) is 62.0 cm³/mol. The average Bonchev–Trinajstić information content (AvgIpc) is 2.64. The maximum Gasteiger partial charge on any atom is 0.242 e. The third-order valence-electron chi connectivity index (χ3n) is 2.08. The molecule has 1 amide bonds. The Labute approximate surface area is 100 Å². The van der Waals surface area contributed by atoms with E-state index in [1.807, 2.05) is 13.8 Å². The minimum atomic E-state index is -0.400. The highest BCUT2D eigenvalue weighted by Crippen LogP contribution is 2.02. The van der Waals surface area contributed by atoms with Gasteiger partial charge in [-0.15, -0.1) is 5.10 Å². The van der Waals surface area contributed by atoms with Crippen molar-refractivity contribution < 1.29 is 9.53 Å². The largest absolute Gasteiger partial charge is 0.382 e. The van der Waals surface area contributed by atoms with Gasteiger partial charge in [0.05, 0.1) is 24.0 Å². The quantitative estimate of drug-likeness (QED) is 0.685. The minimum Gasteiger partial charge on any atom is -0.382 e. The average molecular weight is 241 g/mol. The molecule has 0 aromatic carbocycles. The second-order valence-electron chi connectivity index (χ2n) is 4.48. The van der Waals surface area contributed by atoms with Gasteiger partial charge in [0.25, 0.3) is 0 Å². The number of nitrogens with two attached hydrogens (primary N) is 1. The van der Waals surface area contributed by atoms with Crippen molar-refractivity contribution in [3.8, 4) is 0 Å². The zero-order valence-electron chi connectivity index (χ0n) is 10.4. The Bertz CT molecular complexity index is 375. The molecule has 0 unspecified atom stereocenters. The number of amides is 1. The molecular weight excluding hydrogens is 222 g/mol. The Morgan fingerprint density at radius 3 is 2.88 bits per heavy atom. The number of nitrogens with one attached hydrogen (secondary N) is 1. The lowest BCUT2D eigenvalue weighted by Crippen LogP contribution is -2.48. The summed E-state index contributed by atoms with van der Waals surface area (Å²) >= 11 is 0. The van der Waals surface area contributed by atoms with Crippen molar-refractivity contribution >= 4 is 5.91 Å². The number of methoxy groups -OCH3 is 1. The van der Waals surface area contributed by atoms with Gasteiger partial charge in [-0.25, -0.2) is 4.68 Å². The Morgan fingerprint density at radius 2 is 2.35 bits per heavy atom. The molecule has 96 valence electrons. The fourth-order valence-electron chi connectivity index (χ4n) is 1.47. The molecule has 3 N–H and O–H groups in total. The lowest BCUT2D eigenvalue weighted by molar-refractivity contribution is -0.124. The molecule has 1 heterocycles. The molecule has 7 nitrogen and oxygen atoms in total. The maximum atomic E-state index is 11.7. The molecule has 0 saturated heterocycles.